The number of halogens is 3. The van der Waals surface area contributed by atoms with E-state index >= 15 is 0 Å². The fourth-order valence-electron chi connectivity index (χ4n) is 2.58. The minimum Gasteiger partial charge on any atom is -0.314 e. The van der Waals surface area contributed by atoms with E-state index in [-0.39, 0.29) is 36.5 Å². The van der Waals surface area contributed by atoms with Gasteiger partial charge in [-0.25, -0.2) is 4.39 Å². The summed E-state index contributed by atoms with van der Waals surface area (Å²) < 4.78 is 13.3. The zero-order valence-electron chi connectivity index (χ0n) is 12.0. The summed E-state index contributed by atoms with van der Waals surface area (Å²) >= 11 is 0. The third-order valence-electron chi connectivity index (χ3n) is 3.53. The summed E-state index contributed by atoms with van der Waals surface area (Å²) in [6.07, 6.45) is 2.35. The van der Waals surface area contributed by atoms with Crippen molar-refractivity contribution in [1.29, 1.82) is 0 Å². The van der Waals surface area contributed by atoms with Crippen LogP contribution >= 0.6 is 24.8 Å². The Kier molecular flexibility index (Phi) is 9.20. The van der Waals surface area contributed by atoms with Crippen molar-refractivity contribution >= 4 is 30.5 Å². The number of benzene rings is 1. The van der Waals surface area contributed by atoms with E-state index in [0.29, 0.717) is 12.0 Å². The van der Waals surface area contributed by atoms with Gasteiger partial charge in [0.25, 0.3) is 5.69 Å². The van der Waals surface area contributed by atoms with Crippen LogP contribution < -0.4 is 5.32 Å². The minimum atomic E-state index is -0.585. The summed E-state index contributed by atoms with van der Waals surface area (Å²) in [5, 5.41) is 14.4. The summed E-state index contributed by atoms with van der Waals surface area (Å²) in [6, 6.07) is 3.66. The molecule has 1 saturated heterocycles. The summed E-state index contributed by atoms with van der Waals surface area (Å²) in [4.78, 5) is 12.8. The quantitative estimate of drug-likeness (QED) is 0.503. The molecular weight excluding hydrogens is 332 g/mol. The van der Waals surface area contributed by atoms with Crippen molar-refractivity contribution in [2.75, 3.05) is 26.2 Å². The van der Waals surface area contributed by atoms with Crippen molar-refractivity contribution in [3.05, 3.63) is 52.3 Å². The molecule has 1 N–H and O–H groups in total. The Morgan fingerprint density at radius 3 is 2.59 bits per heavy atom. The first kappa shape index (κ1) is 20.8. The predicted octanol–water partition coefficient (Wildman–Crippen LogP) is 3.10. The van der Waals surface area contributed by atoms with Gasteiger partial charge in [-0.1, -0.05) is 6.08 Å². The lowest BCUT2D eigenvalue weighted by molar-refractivity contribution is -0.386. The van der Waals surface area contributed by atoms with Crippen LogP contribution in [0.25, 0.3) is 0 Å². The molecule has 1 heterocycles. The van der Waals surface area contributed by atoms with Gasteiger partial charge in [-0.3, -0.25) is 15.0 Å². The molecule has 5 nitrogen and oxygen atoms in total. The molecule has 0 spiro atoms. The zero-order valence-corrected chi connectivity index (χ0v) is 13.7. The lowest BCUT2D eigenvalue weighted by Gasteiger charge is -2.34. The summed E-state index contributed by atoms with van der Waals surface area (Å²) in [5.74, 6) is -0.585. The number of nitro benzene ring substituents is 1. The van der Waals surface area contributed by atoms with Crippen LogP contribution in [0.15, 0.2) is 30.9 Å². The van der Waals surface area contributed by atoms with Crippen molar-refractivity contribution in [3.63, 3.8) is 0 Å². The average molecular weight is 352 g/mol. The normalized spacial score (nSPS) is 16.0. The number of hydrogen-bond donors (Lipinski definition) is 1. The van der Waals surface area contributed by atoms with E-state index in [1.165, 1.54) is 12.1 Å². The molecule has 124 valence electrons. The molecule has 0 radical (unpaired) electrons. The minimum absolute atomic E-state index is 0. The third-order valence-corrected chi connectivity index (χ3v) is 3.53. The van der Waals surface area contributed by atoms with Gasteiger partial charge < -0.3 is 5.32 Å². The summed E-state index contributed by atoms with van der Waals surface area (Å²) in [5.41, 5.74) is 0.397. The second-order valence-corrected chi connectivity index (χ2v) is 4.79. The standard InChI is InChI=1S/C14H18FN3O2.2ClH/c1-2-3-13(17-8-6-16-7-9-17)12-5-4-11(15)10-14(12)18(19)20;;/h2,4-5,10,13,16H,1,3,6-9H2;2*1H/t13-;;/m0../s1. The smallest absolute Gasteiger partial charge is 0.277 e. The van der Waals surface area contributed by atoms with Crippen molar-refractivity contribution in [2.24, 2.45) is 0 Å². The molecule has 0 aliphatic carbocycles. The predicted molar refractivity (Wildman–Crippen MR) is 89.5 cm³/mol. The number of hydrogen-bond acceptors (Lipinski definition) is 4. The Morgan fingerprint density at radius 1 is 1.41 bits per heavy atom. The van der Waals surface area contributed by atoms with Gasteiger partial charge in [0.1, 0.15) is 5.82 Å². The maximum Gasteiger partial charge on any atom is 0.277 e. The number of nitrogens with zero attached hydrogens (tertiary/aromatic N) is 2. The molecule has 1 aromatic rings. The highest BCUT2D eigenvalue weighted by atomic mass is 35.5. The van der Waals surface area contributed by atoms with E-state index in [9.17, 15) is 14.5 Å². The Hall–Kier alpha value is -1.21. The van der Waals surface area contributed by atoms with Crippen LogP contribution in [0.2, 0.25) is 0 Å². The Bertz CT molecular complexity index is 511. The first-order valence-electron chi connectivity index (χ1n) is 6.63. The molecule has 1 aliphatic heterocycles. The second kappa shape index (κ2) is 9.74. The number of nitro groups is 1. The van der Waals surface area contributed by atoms with Crippen molar-refractivity contribution in [1.82, 2.24) is 10.2 Å². The van der Waals surface area contributed by atoms with Gasteiger partial charge in [-0.15, -0.1) is 31.4 Å². The summed E-state index contributed by atoms with van der Waals surface area (Å²) in [7, 11) is 0. The van der Waals surface area contributed by atoms with Crippen LogP contribution in [0.1, 0.15) is 18.0 Å². The third kappa shape index (κ3) is 4.91. The Balaban J connectivity index is 0.00000220. The molecule has 0 bridgehead atoms. The largest absolute Gasteiger partial charge is 0.314 e. The lowest BCUT2D eigenvalue weighted by atomic mass is 9.99. The Labute approximate surface area is 141 Å². The van der Waals surface area contributed by atoms with Crippen molar-refractivity contribution in [2.45, 2.75) is 12.5 Å². The van der Waals surface area contributed by atoms with E-state index in [0.717, 1.165) is 32.2 Å². The Morgan fingerprint density at radius 2 is 2.05 bits per heavy atom. The van der Waals surface area contributed by atoms with E-state index in [2.05, 4.69) is 16.8 Å². The maximum absolute atomic E-state index is 13.3. The average Bonchev–Trinajstić information content (AvgIpc) is 2.46. The van der Waals surface area contributed by atoms with Gasteiger partial charge in [0, 0.05) is 37.8 Å². The molecule has 2 rings (SSSR count). The molecule has 8 heteroatoms. The van der Waals surface area contributed by atoms with Gasteiger partial charge in [0.2, 0.25) is 0 Å². The molecule has 0 unspecified atom stereocenters. The van der Waals surface area contributed by atoms with Crippen LogP contribution in [0, 0.1) is 15.9 Å². The van der Waals surface area contributed by atoms with Crippen LogP contribution in [0.5, 0.6) is 0 Å². The molecular formula is C14H20Cl2FN3O2. The van der Waals surface area contributed by atoms with Crippen LogP contribution in [-0.2, 0) is 0 Å². The molecule has 22 heavy (non-hydrogen) atoms. The van der Waals surface area contributed by atoms with Crippen LogP contribution in [-0.4, -0.2) is 36.0 Å². The molecule has 0 saturated carbocycles. The van der Waals surface area contributed by atoms with E-state index < -0.39 is 10.7 Å². The van der Waals surface area contributed by atoms with Crippen LogP contribution in [0.4, 0.5) is 10.1 Å². The van der Waals surface area contributed by atoms with Gasteiger partial charge in [-0.2, -0.15) is 0 Å². The van der Waals surface area contributed by atoms with E-state index in [4.69, 9.17) is 0 Å². The second-order valence-electron chi connectivity index (χ2n) is 4.79. The van der Waals surface area contributed by atoms with Crippen LogP contribution in [0.3, 0.4) is 0 Å². The number of rotatable bonds is 5. The lowest BCUT2D eigenvalue weighted by Crippen LogP contribution is -2.45. The van der Waals surface area contributed by atoms with Gasteiger partial charge in [0.15, 0.2) is 0 Å². The molecule has 0 amide bonds. The fourth-order valence-corrected chi connectivity index (χ4v) is 2.58. The molecule has 0 aromatic heterocycles. The SMILES string of the molecule is C=CC[C@@H](c1ccc(F)cc1[N+](=O)[O-])N1CCNCC1.Cl.Cl. The highest BCUT2D eigenvalue weighted by Gasteiger charge is 2.27. The van der Waals surface area contributed by atoms with Gasteiger partial charge >= 0.3 is 0 Å². The number of nitrogens with one attached hydrogen (secondary N) is 1. The first-order chi connectivity index (χ1) is 9.63. The first-order valence-corrected chi connectivity index (χ1v) is 6.63. The van der Waals surface area contributed by atoms with Crippen molar-refractivity contribution in [3.8, 4) is 0 Å². The molecule has 1 aliphatic rings. The highest BCUT2D eigenvalue weighted by Crippen LogP contribution is 2.32. The monoisotopic (exact) mass is 351 g/mol. The van der Waals surface area contributed by atoms with Gasteiger partial charge in [-0.05, 0) is 18.6 Å². The van der Waals surface area contributed by atoms with E-state index in [1.807, 2.05) is 0 Å². The van der Waals surface area contributed by atoms with Crippen molar-refractivity contribution < 1.29 is 9.31 Å². The maximum atomic E-state index is 13.3. The molecule has 1 fully saturated rings. The number of piperazine rings is 1. The fraction of sp³-hybridized carbons (Fsp3) is 0.429. The van der Waals surface area contributed by atoms with Gasteiger partial charge in [0.05, 0.1) is 11.0 Å². The summed E-state index contributed by atoms with van der Waals surface area (Å²) in [6.45, 7) is 7.05. The molecule has 1 aromatic carbocycles. The highest BCUT2D eigenvalue weighted by molar-refractivity contribution is 5.85. The van der Waals surface area contributed by atoms with E-state index in [1.54, 1.807) is 6.08 Å². The molecule has 1 atom stereocenters. The zero-order chi connectivity index (χ0) is 14.5. The topological polar surface area (TPSA) is 58.4 Å².